The van der Waals surface area contributed by atoms with Crippen LogP contribution in [0, 0.1) is 0 Å². The van der Waals surface area contributed by atoms with Crippen molar-refractivity contribution in [1.82, 2.24) is 9.97 Å². The molecule has 0 aliphatic heterocycles. The van der Waals surface area contributed by atoms with Crippen LogP contribution >= 0.6 is 34.8 Å². The molecule has 0 atom stereocenters. The third-order valence-corrected chi connectivity index (χ3v) is 1.95. The molecular formula is C6H3Cl3N2O2. The molecule has 0 saturated carbocycles. The Hall–Kier alpha value is -0.580. The summed E-state index contributed by atoms with van der Waals surface area (Å²) in [5.74, 6) is -1.30. The lowest BCUT2D eigenvalue weighted by Gasteiger charge is -2.02. The molecule has 0 saturated heterocycles. The first-order valence-corrected chi connectivity index (χ1v) is 4.36. The van der Waals surface area contributed by atoms with Crippen molar-refractivity contribution >= 4 is 40.8 Å². The fourth-order valence-corrected chi connectivity index (χ4v) is 1.45. The van der Waals surface area contributed by atoms with Crippen molar-refractivity contribution in [3.8, 4) is 0 Å². The molecule has 1 aromatic rings. The van der Waals surface area contributed by atoms with E-state index in [-0.39, 0.29) is 27.6 Å². The maximum Gasteiger partial charge on any atom is 0.340 e. The quantitative estimate of drug-likeness (QED) is 0.490. The van der Waals surface area contributed by atoms with Crippen LogP contribution in [0.2, 0.25) is 10.4 Å². The fourth-order valence-electron chi connectivity index (χ4n) is 0.757. The highest BCUT2D eigenvalue weighted by Crippen LogP contribution is 2.20. The van der Waals surface area contributed by atoms with Gasteiger partial charge in [-0.05, 0) is 11.6 Å². The predicted molar refractivity (Wildman–Crippen MR) is 48.6 cm³/mol. The van der Waals surface area contributed by atoms with E-state index in [0.29, 0.717) is 0 Å². The molecule has 0 aliphatic carbocycles. The summed E-state index contributed by atoms with van der Waals surface area (Å²) >= 11 is 16.4. The van der Waals surface area contributed by atoms with Gasteiger partial charge in [0.15, 0.2) is 0 Å². The summed E-state index contributed by atoms with van der Waals surface area (Å²) < 4.78 is 0. The van der Waals surface area contributed by atoms with E-state index in [1.54, 1.807) is 0 Å². The van der Waals surface area contributed by atoms with Crippen LogP contribution in [0.3, 0.4) is 0 Å². The monoisotopic (exact) mass is 240 g/mol. The normalized spacial score (nSPS) is 10.1. The topological polar surface area (TPSA) is 63.1 Å². The van der Waals surface area contributed by atoms with Gasteiger partial charge < -0.3 is 5.11 Å². The number of aromatic carboxylic acids is 1. The first kappa shape index (κ1) is 10.5. The van der Waals surface area contributed by atoms with Gasteiger partial charge in [-0.1, -0.05) is 11.6 Å². The number of carbonyl (C=O) groups is 1. The largest absolute Gasteiger partial charge is 0.478 e. The average Bonchev–Trinajstić information content (AvgIpc) is 2.01. The standard InChI is InChI=1S/C6H3Cl3N2O2/c7-1-2-3(5(12)13)4(8)11-6(9)10-2/h1H2,(H,12,13). The number of halogens is 3. The summed E-state index contributed by atoms with van der Waals surface area (Å²) in [4.78, 5) is 17.8. The smallest absolute Gasteiger partial charge is 0.340 e. The van der Waals surface area contributed by atoms with Crippen LogP contribution in [0.15, 0.2) is 0 Å². The van der Waals surface area contributed by atoms with Crippen LogP contribution in [-0.4, -0.2) is 21.0 Å². The van der Waals surface area contributed by atoms with Crippen LogP contribution in [-0.2, 0) is 5.88 Å². The van der Waals surface area contributed by atoms with E-state index in [2.05, 4.69) is 9.97 Å². The molecule has 7 heteroatoms. The Morgan fingerprint density at radius 2 is 2.00 bits per heavy atom. The van der Waals surface area contributed by atoms with E-state index in [0.717, 1.165) is 0 Å². The summed E-state index contributed by atoms with van der Waals surface area (Å²) in [6.07, 6.45) is 0. The minimum Gasteiger partial charge on any atom is -0.478 e. The van der Waals surface area contributed by atoms with Gasteiger partial charge in [-0.2, -0.15) is 0 Å². The van der Waals surface area contributed by atoms with Gasteiger partial charge in [0, 0.05) is 0 Å². The number of rotatable bonds is 2. The van der Waals surface area contributed by atoms with Gasteiger partial charge in [-0.25, -0.2) is 14.8 Å². The van der Waals surface area contributed by atoms with E-state index < -0.39 is 5.97 Å². The number of hydrogen-bond donors (Lipinski definition) is 1. The molecule has 0 fully saturated rings. The molecule has 1 heterocycles. The third kappa shape index (κ3) is 2.21. The van der Waals surface area contributed by atoms with E-state index >= 15 is 0 Å². The minimum absolute atomic E-state index is 0.0798. The van der Waals surface area contributed by atoms with Crippen molar-refractivity contribution in [2.75, 3.05) is 0 Å². The van der Waals surface area contributed by atoms with Crippen molar-refractivity contribution in [2.24, 2.45) is 0 Å². The second-order valence-corrected chi connectivity index (χ2v) is 3.01. The Kier molecular flexibility index (Phi) is 3.30. The first-order valence-electron chi connectivity index (χ1n) is 3.07. The molecule has 0 aromatic carbocycles. The molecular weight excluding hydrogens is 238 g/mol. The highest BCUT2D eigenvalue weighted by atomic mass is 35.5. The van der Waals surface area contributed by atoms with Crippen molar-refractivity contribution in [3.63, 3.8) is 0 Å². The van der Waals surface area contributed by atoms with Gasteiger partial charge in [0.25, 0.3) is 0 Å². The second kappa shape index (κ2) is 4.09. The molecule has 0 radical (unpaired) electrons. The lowest BCUT2D eigenvalue weighted by Crippen LogP contribution is -2.06. The van der Waals surface area contributed by atoms with Crippen LogP contribution in [0.25, 0.3) is 0 Å². The number of carboxylic acid groups (broad SMARTS) is 1. The summed E-state index contributed by atoms with van der Waals surface area (Å²) in [5, 5.41) is 8.38. The Bertz CT molecular complexity index is 356. The zero-order chi connectivity index (χ0) is 10.0. The third-order valence-electron chi connectivity index (χ3n) is 1.25. The highest BCUT2D eigenvalue weighted by molar-refractivity contribution is 6.34. The first-order chi connectivity index (χ1) is 6.06. The Morgan fingerprint density at radius 3 is 2.46 bits per heavy atom. The lowest BCUT2D eigenvalue weighted by molar-refractivity contribution is 0.0695. The molecule has 1 aromatic heterocycles. The molecule has 4 nitrogen and oxygen atoms in total. The molecule has 1 rings (SSSR count). The van der Waals surface area contributed by atoms with Gasteiger partial charge in [-0.15, -0.1) is 11.6 Å². The lowest BCUT2D eigenvalue weighted by atomic mass is 10.2. The number of carboxylic acids is 1. The number of aromatic nitrogens is 2. The van der Waals surface area contributed by atoms with Crippen LogP contribution in [0.4, 0.5) is 0 Å². The second-order valence-electron chi connectivity index (χ2n) is 2.04. The van der Waals surface area contributed by atoms with Crippen LogP contribution in [0.1, 0.15) is 16.1 Å². The molecule has 0 unspecified atom stereocenters. The predicted octanol–water partition coefficient (Wildman–Crippen LogP) is 2.22. The zero-order valence-electron chi connectivity index (χ0n) is 6.09. The van der Waals surface area contributed by atoms with Gasteiger partial charge in [0.1, 0.15) is 10.7 Å². The SMILES string of the molecule is O=C(O)c1c(Cl)nc(Cl)nc1CCl. The molecule has 0 spiro atoms. The molecule has 0 aliphatic rings. The fraction of sp³-hybridized carbons (Fsp3) is 0.167. The van der Waals surface area contributed by atoms with Crippen molar-refractivity contribution in [3.05, 3.63) is 21.7 Å². The summed E-state index contributed by atoms with van der Waals surface area (Å²) in [6.45, 7) is 0. The highest BCUT2D eigenvalue weighted by Gasteiger charge is 2.17. The zero-order valence-corrected chi connectivity index (χ0v) is 8.36. The maximum atomic E-state index is 10.6. The molecule has 13 heavy (non-hydrogen) atoms. The van der Waals surface area contributed by atoms with Crippen molar-refractivity contribution in [1.29, 1.82) is 0 Å². The van der Waals surface area contributed by atoms with E-state index in [9.17, 15) is 4.79 Å². The van der Waals surface area contributed by atoms with E-state index in [1.165, 1.54) is 0 Å². The summed E-state index contributed by atoms with van der Waals surface area (Å²) in [5.41, 5.74) is -0.0970. The molecule has 1 N–H and O–H groups in total. The van der Waals surface area contributed by atoms with Gasteiger partial charge in [-0.3, -0.25) is 0 Å². The molecule has 0 bridgehead atoms. The molecule has 70 valence electrons. The van der Waals surface area contributed by atoms with E-state index in [4.69, 9.17) is 39.9 Å². The number of alkyl halides is 1. The minimum atomic E-state index is -1.22. The van der Waals surface area contributed by atoms with Crippen molar-refractivity contribution < 1.29 is 9.90 Å². The molecule has 0 amide bonds. The van der Waals surface area contributed by atoms with Gasteiger partial charge in [0.05, 0.1) is 11.6 Å². The Morgan fingerprint density at radius 1 is 1.38 bits per heavy atom. The van der Waals surface area contributed by atoms with Crippen LogP contribution < -0.4 is 0 Å². The average molecular weight is 241 g/mol. The number of hydrogen-bond acceptors (Lipinski definition) is 3. The maximum absolute atomic E-state index is 10.6. The summed E-state index contributed by atoms with van der Waals surface area (Å²) in [6, 6.07) is 0. The Balaban J connectivity index is 3.38. The van der Waals surface area contributed by atoms with E-state index in [1.807, 2.05) is 0 Å². The van der Waals surface area contributed by atoms with Crippen LogP contribution in [0.5, 0.6) is 0 Å². The summed E-state index contributed by atoms with van der Waals surface area (Å²) in [7, 11) is 0. The Labute approximate surface area is 88.5 Å². The number of nitrogens with zero attached hydrogens (tertiary/aromatic N) is 2. The van der Waals surface area contributed by atoms with Gasteiger partial charge in [0.2, 0.25) is 5.28 Å². The van der Waals surface area contributed by atoms with Crippen molar-refractivity contribution in [2.45, 2.75) is 5.88 Å². The van der Waals surface area contributed by atoms with Gasteiger partial charge >= 0.3 is 5.97 Å².